The maximum atomic E-state index is 11.8. The molecule has 1 aliphatic rings. The van der Waals surface area contributed by atoms with Crippen molar-refractivity contribution in [2.24, 2.45) is 0 Å². The number of carbonyl (C=O) groups excluding carboxylic acids is 1. The van der Waals surface area contributed by atoms with Crippen molar-refractivity contribution >= 4 is 34.8 Å². The third-order valence-corrected chi connectivity index (χ3v) is 3.68. The molecule has 1 unspecified atom stereocenters. The van der Waals surface area contributed by atoms with Crippen LogP contribution in [0.1, 0.15) is 19.3 Å². The van der Waals surface area contributed by atoms with Crippen molar-refractivity contribution in [3.63, 3.8) is 0 Å². The van der Waals surface area contributed by atoms with Crippen LogP contribution in [0, 0.1) is 0 Å². The number of ether oxygens (including phenoxy) is 1. The van der Waals surface area contributed by atoms with Gasteiger partial charge in [-0.3, -0.25) is 4.79 Å². The Labute approximate surface area is 128 Å². The first kappa shape index (κ1) is 15.6. The molecule has 20 heavy (non-hydrogen) atoms. The molecule has 1 atom stereocenters. The lowest BCUT2D eigenvalue weighted by atomic mass is 10.2. The molecule has 1 aliphatic heterocycles. The Bertz CT molecular complexity index is 462. The molecular formula is C14H18Cl2N2O2. The van der Waals surface area contributed by atoms with Crippen LogP contribution in [-0.2, 0) is 9.53 Å². The zero-order chi connectivity index (χ0) is 14.4. The van der Waals surface area contributed by atoms with Gasteiger partial charge in [0.1, 0.15) is 0 Å². The van der Waals surface area contributed by atoms with Gasteiger partial charge in [0, 0.05) is 31.1 Å². The van der Waals surface area contributed by atoms with Crippen molar-refractivity contribution < 1.29 is 9.53 Å². The second-order valence-corrected chi connectivity index (χ2v) is 5.61. The lowest BCUT2D eigenvalue weighted by Crippen LogP contribution is -2.29. The fraction of sp³-hybridized carbons (Fsp3) is 0.500. The van der Waals surface area contributed by atoms with E-state index in [4.69, 9.17) is 27.9 Å². The quantitative estimate of drug-likeness (QED) is 0.793. The molecule has 0 spiro atoms. The van der Waals surface area contributed by atoms with Gasteiger partial charge in [0.25, 0.3) is 0 Å². The fourth-order valence-electron chi connectivity index (χ4n) is 2.07. The summed E-state index contributed by atoms with van der Waals surface area (Å²) >= 11 is 11.8. The summed E-state index contributed by atoms with van der Waals surface area (Å²) < 4.78 is 5.49. The second-order valence-electron chi connectivity index (χ2n) is 4.76. The average Bonchev–Trinajstić information content (AvgIpc) is 2.91. The van der Waals surface area contributed by atoms with Gasteiger partial charge in [-0.2, -0.15) is 0 Å². The zero-order valence-electron chi connectivity index (χ0n) is 11.1. The van der Waals surface area contributed by atoms with Crippen molar-refractivity contribution in [1.82, 2.24) is 5.32 Å². The summed E-state index contributed by atoms with van der Waals surface area (Å²) in [5.41, 5.74) is 0.584. The van der Waals surface area contributed by atoms with Crippen LogP contribution in [-0.4, -0.2) is 31.7 Å². The molecule has 0 radical (unpaired) electrons. The van der Waals surface area contributed by atoms with Crippen LogP contribution < -0.4 is 10.6 Å². The third-order valence-electron chi connectivity index (χ3n) is 3.13. The van der Waals surface area contributed by atoms with E-state index < -0.39 is 0 Å². The van der Waals surface area contributed by atoms with E-state index in [0.29, 0.717) is 34.8 Å². The molecule has 2 rings (SSSR count). The minimum Gasteiger partial charge on any atom is -0.377 e. The summed E-state index contributed by atoms with van der Waals surface area (Å²) in [5.74, 6) is -0.0749. The Morgan fingerprint density at radius 1 is 1.40 bits per heavy atom. The zero-order valence-corrected chi connectivity index (χ0v) is 12.6. The van der Waals surface area contributed by atoms with Gasteiger partial charge in [-0.1, -0.05) is 23.2 Å². The van der Waals surface area contributed by atoms with Gasteiger partial charge in [0.05, 0.1) is 16.8 Å². The van der Waals surface area contributed by atoms with E-state index >= 15 is 0 Å². The lowest BCUT2D eigenvalue weighted by Gasteiger charge is -2.11. The van der Waals surface area contributed by atoms with Gasteiger partial charge < -0.3 is 15.4 Å². The topological polar surface area (TPSA) is 50.4 Å². The number of hydrogen-bond acceptors (Lipinski definition) is 3. The van der Waals surface area contributed by atoms with Gasteiger partial charge in [-0.15, -0.1) is 0 Å². The molecule has 110 valence electrons. The molecule has 1 heterocycles. The number of hydrogen-bond donors (Lipinski definition) is 2. The monoisotopic (exact) mass is 316 g/mol. The van der Waals surface area contributed by atoms with Gasteiger partial charge in [-0.25, -0.2) is 0 Å². The Hall–Kier alpha value is -0.810. The Balaban J connectivity index is 1.67. The number of benzene rings is 1. The normalized spacial score (nSPS) is 18.2. The molecule has 2 N–H and O–H groups in total. The maximum absolute atomic E-state index is 11.8. The van der Waals surface area contributed by atoms with Gasteiger partial charge in [-0.05, 0) is 31.0 Å². The SMILES string of the molecule is O=C(CCNCC1CCCO1)Nc1ccc(Cl)cc1Cl. The lowest BCUT2D eigenvalue weighted by molar-refractivity contribution is -0.116. The van der Waals surface area contributed by atoms with Gasteiger partial charge in [0.15, 0.2) is 0 Å². The number of anilines is 1. The molecule has 0 bridgehead atoms. The molecule has 1 amide bonds. The van der Waals surface area contributed by atoms with Crippen LogP contribution in [0.4, 0.5) is 5.69 Å². The molecule has 0 saturated carbocycles. The molecule has 4 nitrogen and oxygen atoms in total. The van der Waals surface area contributed by atoms with Crippen LogP contribution in [0.25, 0.3) is 0 Å². The van der Waals surface area contributed by atoms with Crippen LogP contribution >= 0.6 is 23.2 Å². The molecule has 1 fully saturated rings. The van der Waals surface area contributed by atoms with Crippen molar-refractivity contribution in [1.29, 1.82) is 0 Å². The number of carbonyl (C=O) groups is 1. The van der Waals surface area contributed by atoms with Crippen LogP contribution in [0.3, 0.4) is 0 Å². The van der Waals surface area contributed by atoms with E-state index in [1.807, 2.05) is 0 Å². The van der Waals surface area contributed by atoms with Gasteiger partial charge in [0.2, 0.25) is 5.91 Å². The maximum Gasteiger partial charge on any atom is 0.225 e. The molecule has 1 aromatic carbocycles. The van der Waals surface area contributed by atoms with E-state index in [1.165, 1.54) is 0 Å². The number of amides is 1. The van der Waals surface area contributed by atoms with E-state index in [0.717, 1.165) is 26.0 Å². The summed E-state index contributed by atoms with van der Waals surface area (Å²) in [7, 11) is 0. The predicted octanol–water partition coefficient (Wildman–Crippen LogP) is 3.09. The number of nitrogens with one attached hydrogen (secondary N) is 2. The molecule has 0 aromatic heterocycles. The smallest absolute Gasteiger partial charge is 0.225 e. The van der Waals surface area contributed by atoms with E-state index in [-0.39, 0.29) is 5.91 Å². The largest absolute Gasteiger partial charge is 0.377 e. The summed E-state index contributed by atoms with van der Waals surface area (Å²) in [6.45, 7) is 2.27. The minimum absolute atomic E-state index is 0.0749. The Kier molecular flexibility index (Phi) is 6.10. The van der Waals surface area contributed by atoms with Crippen LogP contribution in [0.2, 0.25) is 10.0 Å². The van der Waals surface area contributed by atoms with Crippen molar-refractivity contribution in [3.05, 3.63) is 28.2 Å². The Morgan fingerprint density at radius 2 is 2.25 bits per heavy atom. The Morgan fingerprint density at radius 3 is 2.95 bits per heavy atom. The van der Waals surface area contributed by atoms with E-state index in [1.54, 1.807) is 18.2 Å². The summed E-state index contributed by atoms with van der Waals surface area (Å²) in [5, 5.41) is 6.98. The van der Waals surface area contributed by atoms with Gasteiger partial charge >= 0.3 is 0 Å². The highest BCUT2D eigenvalue weighted by molar-refractivity contribution is 6.36. The van der Waals surface area contributed by atoms with Crippen molar-refractivity contribution in [2.45, 2.75) is 25.4 Å². The van der Waals surface area contributed by atoms with Crippen molar-refractivity contribution in [2.75, 3.05) is 25.0 Å². The second kappa shape index (κ2) is 7.84. The van der Waals surface area contributed by atoms with E-state index in [9.17, 15) is 4.79 Å². The molecular weight excluding hydrogens is 299 g/mol. The first-order valence-electron chi connectivity index (χ1n) is 6.72. The van der Waals surface area contributed by atoms with E-state index in [2.05, 4.69) is 10.6 Å². The number of rotatable bonds is 6. The highest BCUT2D eigenvalue weighted by atomic mass is 35.5. The molecule has 0 aliphatic carbocycles. The average molecular weight is 317 g/mol. The number of halogens is 2. The molecule has 1 saturated heterocycles. The third kappa shape index (κ3) is 4.94. The summed E-state index contributed by atoms with van der Waals surface area (Å²) in [4.78, 5) is 11.8. The molecule has 6 heteroatoms. The summed E-state index contributed by atoms with van der Waals surface area (Å²) in [6, 6.07) is 5.00. The first-order valence-corrected chi connectivity index (χ1v) is 7.48. The minimum atomic E-state index is -0.0749. The standard InChI is InChI=1S/C14H18Cl2N2O2/c15-10-3-4-13(12(16)8-10)18-14(19)5-6-17-9-11-2-1-7-20-11/h3-4,8,11,17H,1-2,5-7,9H2,(H,18,19). The van der Waals surface area contributed by atoms with Crippen LogP contribution in [0.15, 0.2) is 18.2 Å². The predicted molar refractivity (Wildman–Crippen MR) is 81.6 cm³/mol. The first-order chi connectivity index (χ1) is 9.65. The van der Waals surface area contributed by atoms with Crippen LogP contribution in [0.5, 0.6) is 0 Å². The van der Waals surface area contributed by atoms with Crippen molar-refractivity contribution in [3.8, 4) is 0 Å². The fourth-order valence-corrected chi connectivity index (χ4v) is 2.53. The highest BCUT2D eigenvalue weighted by Gasteiger charge is 2.14. The summed E-state index contributed by atoms with van der Waals surface area (Å²) in [6.07, 6.45) is 2.91. The highest BCUT2D eigenvalue weighted by Crippen LogP contribution is 2.25. The molecule has 1 aromatic rings.